The van der Waals surface area contributed by atoms with Crippen molar-refractivity contribution in [2.75, 3.05) is 6.61 Å². The van der Waals surface area contributed by atoms with E-state index in [0.29, 0.717) is 6.61 Å². The molecule has 2 fully saturated rings. The van der Waals surface area contributed by atoms with Crippen LogP contribution in [0.15, 0.2) is 12.2 Å². The fraction of sp³-hybridized carbons (Fsp3) is 0.727. The molecule has 0 saturated carbocycles. The van der Waals surface area contributed by atoms with Crippen molar-refractivity contribution in [2.24, 2.45) is 5.92 Å². The molecule has 0 aromatic carbocycles. The van der Waals surface area contributed by atoms with Crippen LogP contribution in [0.1, 0.15) is 26.2 Å². The van der Waals surface area contributed by atoms with Gasteiger partial charge in [-0.05, 0) is 18.9 Å². The van der Waals surface area contributed by atoms with Gasteiger partial charge in [-0.3, -0.25) is 9.63 Å². The lowest BCUT2D eigenvalue weighted by atomic mass is 9.96. The standard InChI is InChI=1S/C11H15NO3/c1-2-8-9-4-6-11(15-9)5-3-7-14-12(11)10(8)13/h4,6,8-9H,2-3,5,7H2,1H3/t8-,9+,11-/m0/s1. The first-order valence-electron chi connectivity index (χ1n) is 5.61. The highest BCUT2D eigenvalue weighted by Crippen LogP contribution is 2.43. The molecule has 0 radical (unpaired) electrons. The van der Waals surface area contributed by atoms with Crippen LogP contribution in [0.4, 0.5) is 0 Å². The van der Waals surface area contributed by atoms with Gasteiger partial charge in [0.2, 0.25) is 0 Å². The van der Waals surface area contributed by atoms with Crippen LogP contribution in [-0.2, 0) is 14.4 Å². The molecule has 0 unspecified atom stereocenters. The van der Waals surface area contributed by atoms with Gasteiger partial charge >= 0.3 is 0 Å². The van der Waals surface area contributed by atoms with E-state index in [-0.39, 0.29) is 17.9 Å². The highest BCUT2D eigenvalue weighted by atomic mass is 16.7. The minimum absolute atomic E-state index is 0.0413. The summed E-state index contributed by atoms with van der Waals surface area (Å²) in [5.74, 6) is 0.00780. The fourth-order valence-electron chi connectivity index (χ4n) is 2.67. The number of carbonyl (C=O) groups is 1. The molecule has 3 aliphatic heterocycles. The fourth-order valence-corrected chi connectivity index (χ4v) is 2.67. The number of hydrogen-bond donors (Lipinski definition) is 0. The molecule has 15 heavy (non-hydrogen) atoms. The van der Waals surface area contributed by atoms with Gasteiger partial charge < -0.3 is 4.74 Å². The number of nitrogens with zero attached hydrogens (tertiary/aromatic N) is 1. The van der Waals surface area contributed by atoms with E-state index in [2.05, 4.69) is 0 Å². The van der Waals surface area contributed by atoms with Gasteiger partial charge in [-0.15, -0.1) is 0 Å². The van der Waals surface area contributed by atoms with Crippen molar-refractivity contribution in [1.29, 1.82) is 0 Å². The normalized spacial score (nSPS) is 43.3. The minimum Gasteiger partial charge on any atom is -0.341 e. The highest BCUT2D eigenvalue weighted by molar-refractivity contribution is 5.81. The van der Waals surface area contributed by atoms with Crippen molar-refractivity contribution in [3.63, 3.8) is 0 Å². The molecular weight excluding hydrogens is 194 g/mol. The Balaban J connectivity index is 1.97. The average molecular weight is 209 g/mol. The summed E-state index contributed by atoms with van der Waals surface area (Å²) in [5, 5.41) is 1.46. The van der Waals surface area contributed by atoms with Crippen LogP contribution >= 0.6 is 0 Å². The minimum atomic E-state index is -0.578. The van der Waals surface area contributed by atoms with E-state index in [1.165, 1.54) is 5.06 Å². The number of carbonyl (C=O) groups excluding carboxylic acids is 1. The van der Waals surface area contributed by atoms with Crippen LogP contribution < -0.4 is 0 Å². The lowest BCUT2D eigenvalue weighted by Crippen LogP contribution is -2.61. The second kappa shape index (κ2) is 3.06. The van der Waals surface area contributed by atoms with Gasteiger partial charge in [0, 0.05) is 6.42 Å². The quantitative estimate of drug-likeness (QED) is 0.610. The molecule has 3 atom stereocenters. The van der Waals surface area contributed by atoms with Crippen molar-refractivity contribution >= 4 is 5.91 Å². The van der Waals surface area contributed by atoms with Gasteiger partial charge in [-0.1, -0.05) is 13.0 Å². The van der Waals surface area contributed by atoms with Crippen LogP contribution in [0, 0.1) is 5.92 Å². The third-order valence-electron chi connectivity index (χ3n) is 3.48. The van der Waals surface area contributed by atoms with Crippen LogP contribution in [-0.4, -0.2) is 29.4 Å². The maximum absolute atomic E-state index is 12.1. The number of rotatable bonds is 1. The summed E-state index contributed by atoms with van der Waals surface area (Å²) in [4.78, 5) is 17.6. The van der Waals surface area contributed by atoms with E-state index in [1.54, 1.807) is 0 Å². The largest absolute Gasteiger partial charge is 0.341 e. The van der Waals surface area contributed by atoms with E-state index in [4.69, 9.17) is 9.57 Å². The molecule has 0 aromatic rings. The maximum atomic E-state index is 12.1. The Bertz CT molecular complexity index is 328. The van der Waals surface area contributed by atoms with Crippen LogP contribution in [0.2, 0.25) is 0 Å². The molecule has 3 aliphatic rings. The molecule has 3 heterocycles. The van der Waals surface area contributed by atoms with Crippen molar-refractivity contribution in [3.8, 4) is 0 Å². The summed E-state index contributed by atoms with van der Waals surface area (Å²) in [6.45, 7) is 2.63. The third kappa shape index (κ3) is 1.12. The predicted octanol–water partition coefficient (Wildman–Crippen LogP) is 1.23. The van der Waals surface area contributed by atoms with Gasteiger partial charge in [0.1, 0.15) is 0 Å². The molecule has 82 valence electrons. The van der Waals surface area contributed by atoms with E-state index in [0.717, 1.165) is 19.3 Å². The molecule has 1 amide bonds. The summed E-state index contributed by atoms with van der Waals surface area (Å²) < 4.78 is 5.93. The number of amides is 1. The molecule has 1 spiro atoms. The monoisotopic (exact) mass is 209 g/mol. The van der Waals surface area contributed by atoms with E-state index in [1.807, 2.05) is 19.1 Å². The molecule has 3 rings (SSSR count). The van der Waals surface area contributed by atoms with E-state index in [9.17, 15) is 4.79 Å². The van der Waals surface area contributed by atoms with Crippen LogP contribution in [0.3, 0.4) is 0 Å². The summed E-state index contributed by atoms with van der Waals surface area (Å²) in [5.41, 5.74) is -0.578. The molecular formula is C11H15NO3. The Labute approximate surface area is 88.8 Å². The highest BCUT2D eigenvalue weighted by Gasteiger charge is 2.54. The van der Waals surface area contributed by atoms with Crippen molar-refractivity contribution in [2.45, 2.75) is 38.0 Å². The summed E-state index contributed by atoms with van der Waals surface area (Å²) in [6.07, 6.45) is 6.55. The molecule has 4 nitrogen and oxygen atoms in total. The SMILES string of the molecule is CC[C@@H]1C(=O)N2OCCC[C@]23C=C[C@H]1O3. The lowest BCUT2D eigenvalue weighted by molar-refractivity contribution is -0.320. The first kappa shape index (κ1) is 9.36. The Morgan fingerprint density at radius 2 is 2.53 bits per heavy atom. The maximum Gasteiger partial charge on any atom is 0.255 e. The molecule has 0 aromatic heterocycles. The third-order valence-corrected chi connectivity index (χ3v) is 3.48. The topological polar surface area (TPSA) is 38.8 Å². The molecule has 2 bridgehead atoms. The zero-order valence-corrected chi connectivity index (χ0v) is 8.81. The Kier molecular flexibility index (Phi) is 1.91. The van der Waals surface area contributed by atoms with Gasteiger partial charge in [-0.25, -0.2) is 0 Å². The zero-order chi connectivity index (χ0) is 10.5. The number of ether oxygens (including phenoxy) is 1. The van der Waals surface area contributed by atoms with Crippen molar-refractivity contribution in [1.82, 2.24) is 5.06 Å². The number of hydrogen-bond acceptors (Lipinski definition) is 3. The van der Waals surface area contributed by atoms with Crippen LogP contribution in [0.5, 0.6) is 0 Å². The summed E-state index contributed by atoms with van der Waals surface area (Å²) in [7, 11) is 0. The van der Waals surface area contributed by atoms with E-state index < -0.39 is 5.72 Å². The van der Waals surface area contributed by atoms with Crippen molar-refractivity contribution < 1.29 is 14.4 Å². The predicted molar refractivity (Wildman–Crippen MR) is 52.6 cm³/mol. The smallest absolute Gasteiger partial charge is 0.255 e. The van der Waals surface area contributed by atoms with Crippen LogP contribution in [0.25, 0.3) is 0 Å². The Morgan fingerprint density at radius 3 is 3.33 bits per heavy atom. The summed E-state index contributed by atoms with van der Waals surface area (Å²) >= 11 is 0. The number of fused-ring (bicyclic) bond motifs is 1. The second-order valence-electron chi connectivity index (χ2n) is 4.37. The molecule has 4 heteroatoms. The van der Waals surface area contributed by atoms with Gasteiger partial charge in [0.25, 0.3) is 5.91 Å². The summed E-state index contributed by atoms with van der Waals surface area (Å²) in [6, 6.07) is 0. The second-order valence-corrected chi connectivity index (χ2v) is 4.37. The molecule has 0 aliphatic carbocycles. The average Bonchev–Trinajstić information content (AvgIpc) is 2.60. The lowest BCUT2D eigenvalue weighted by Gasteiger charge is -2.47. The first-order valence-corrected chi connectivity index (χ1v) is 5.61. The van der Waals surface area contributed by atoms with Gasteiger partial charge in [0.05, 0.1) is 18.6 Å². The van der Waals surface area contributed by atoms with Crippen molar-refractivity contribution in [3.05, 3.63) is 12.2 Å². The zero-order valence-electron chi connectivity index (χ0n) is 8.81. The Hall–Kier alpha value is -0.870. The number of hydroxylamine groups is 2. The van der Waals surface area contributed by atoms with Gasteiger partial charge in [-0.2, -0.15) is 5.06 Å². The van der Waals surface area contributed by atoms with E-state index >= 15 is 0 Å². The Morgan fingerprint density at radius 1 is 1.67 bits per heavy atom. The molecule has 2 saturated heterocycles. The van der Waals surface area contributed by atoms with Gasteiger partial charge in [0.15, 0.2) is 5.72 Å². The first-order chi connectivity index (χ1) is 7.27. The molecule has 0 N–H and O–H groups in total.